The maximum absolute atomic E-state index is 14.0. The highest BCUT2D eigenvalue weighted by Gasteiger charge is 2.33. The molecule has 0 amide bonds. The van der Waals surface area contributed by atoms with Gasteiger partial charge in [-0.15, -0.1) is 0 Å². The van der Waals surface area contributed by atoms with Crippen LogP contribution in [0.3, 0.4) is 0 Å². The number of esters is 1. The van der Waals surface area contributed by atoms with Gasteiger partial charge in [-0.1, -0.05) is 47.2 Å². The Balaban J connectivity index is 1.64. The third-order valence-electron chi connectivity index (χ3n) is 6.32. The van der Waals surface area contributed by atoms with E-state index in [2.05, 4.69) is 50.2 Å². The summed E-state index contributed by atoms with van der Waals surface area (Å²) in [5.74, 6) is -0.341. The summed E-state index contributed by atoms with van der Waals surface area (Å²) in [5, 5.41) is 0.647. The van der Waals surface area contributed by atoms with Crippen LogP contribution in [0.1, 0.15) is 36.6 Å². The fourth-order valence-corrected chi connectivity index (χ4v) is 7.68. The average molecular weight is 815 g/mol. The van der Waals surface area contributed by atoms with Crippen LogP contribution in [0.15, 0.2) is 81.7 Å². The summed E-state index contributed by atoms with van der Waals surface area (Å²) in [4.78, 5) is 32.1. The summed E-state index contributed by atoms with van der Waals surface area (Å²) in [6.07, 6.45) is 1.79. The average Bonchev–Trinajstić information content (AvgIpc) is 3.23. The predicted molar refractivity (Wildman–Crippen MR) is 174 cm³/mol. The van der Waals surface area contributed by atoms with Gasteiger partial charge in [-0.2, -0.15) is 0 Å². The highest BCUT2D eigenvalue weighted by Crippen LogP contribution is 2.32. The van der Waals surface area contributed by atoms with E-state index in [-0.39, 0.29) is 17.7 Å². The van der Waals surface area contributed by atoms with Crippen LogP contribution in [0.2, 0.25) is 5.02 Å². The molecule has 5 rings (SSSR count). The Kier molecular flexibility index (Phi) is 9.31. The van der Waals surface area contributed by atoms with E-state index < -0.39 is 17.8 Å². The molecule has 0 fully saturated rings. The summed E-state index contributed by atoms with van der Waals surface area (Å²) >= 11 is 11.7. The number of carbonyl (C=O) groups excluding carboxylic acids is 1. The van der Waals surface area contributed by atoms with E-state index in [1.807, 2.05) is 36.4 Å². The van der Waals surface area contributed by atoms with Gasteiger partial charge in [0.15, 0.2) is 4.80 Å². The van der Waals surface area contributed by atoms with E-state index in [0.717, 1.165) is 18.3 Å². The minimum absolute atomic E-state index is 0.167. The quantitative estimate of drug-likeness (QED) is 0.161. The fourth-order valence-electron chi connectivity index (χ4n) is 4.47. The zero-order valence-electron chi connectivity index (χ0n) is 21.8. The van der Waals surface area contributed by atoms with Crippen LogP contribution >= 0.6 is 68.1 Å². The van der Waals surface area contributed by atoms with Crippen LogP contribution in [0.4, 0.5) is 4.39 Å². The SMILES string of the molecule is CCOC(=O)C1=C(C)N=c2s/c(=C\c3cc(I)cc(I)c3OCc3ccc(Cl)cc3)c(=O)n2[C@H]1c1ccc(F)cc1. The molecule has 1 aliphatic rings. The first-order chi connectivity index (χ1) is 19.7. The molecular weight excluding hydrogens is 793 g/mol. The summed E-state index contributed by atoms with van der Waals surface area (Å²) < 4.78 is 29.1. The molecule has 41 heavy (non-hydrogen) atoms. The maximum Gasteiger partial charge on any atom is 0.338 e. The van der Waals surface area contributed by atoms with Crippen LogP contribution in [0.25, 0.3) is 6.08 Å². The number of halogens is 4. The standard InChI is InChI=1S/C30H22ClFI2N2O4S/c1-3-39-29(38)25-16(2)35-30-36(26(25)18-6-10-21(32)11-7-18)28(37)24(41-30)13-19-12-22(33)14-23(34)27(19)40-15-17-4-8-20(31)9-5-17/h4-14,26H,3,15H2,1-2H3/b24-13-/t26-/m0/s1. The number of hydrogen-bond acceptors (Lipinski definition) is 6. The van der Waals surface area contributed by atoms with E-state index in [1.165, 1.54) is 28.0 Å². The molecule has 0 saturated heterocycles. The second kappa shape index (κ2) is 12.8. The minimum Gasteiger partial charge on any atom is -0.487 e. The summed E-state index contributed by atoms with van der Waals surface area (Å²) in [6, 6.07) is 16.3. The summed E-state index contributed by atoms with van der Waals surface area (Å²) in [6.45, 7) is 3.92. The van der Waals surface area contributed by atoms with Crippen molar-refractivity contribution in [2.75, 3.05) is 6.61 Å². The lowest BCUT2D eigenvalue weighted by molar-refractivity contribution is -0.139. The van der Waals surface area contributed by atoms with E-state index >= 15 is 0 Å². The van der Waals surface area contributed by atoms with Gasteiger partial charge >= 0.3 is 5.97 Å². The van der Waals surface area contributed by atoms with Gasteiger partial charge in [-0.3, -0.25) is 9.36 Å². The van der Waals surface area contributed by atoms with Crippen LogP contribution in [-0.2, 0) is 16.1 Å². The van der Waals surface area contributed by atoms with Gasteiger partial charge in [0.05, 0.1) is 32.0 Å². The van der Waals surface area contributed by atoms with Crippen molar-refractivity contribution in [1.82, 2.24) is 4.57 Å². The second-order valence-corrected chi connectivity index (χ2v) is 12.9. The topological polar surface area (TPSA) is 69.9 Å². The number of ether oxygens (including phenoxy) is 2. The zero-order valence-corrected chi connectivity index (χ0v) is 27.7. The molecule has 0 spiro atoms. The molecule has 4 aromatic rings. The Bertz CT molecular complexity index is 1850. The lowest BCUT2D eigenvalue weighted by Gasteiger charge is -2.24. The molecule has 11 heteroatoms. The number of carbonyl (C=O) groups is 1. The first-order valence-electron chi connectivity index (χ1n) is 12.5. The van der Waals surface area contributed by atoms with E-state index in [0.29, 0.717) is 38.0 Å². The Morgan fingerprint density at radius 3 is 2.54 bits per heavy atom. The number of rotatable bonds is 7. The molecule has 0 bridgehead atoms. The number of thiazole rings is 1. The van der Waals surface area contributed by atoms with Gasteiger partial charge in [0.2, 0.25) is 0 Å². The minimum atomic E-state index is -0.815. The van der Waals surface area contributed by atoms with Crippen molar-refractivity contribution in [3.63, 3.8) is 0 Å². The van der Waals surface area contributed by atoms with Crippen LogP contribution in [0, 0.1) is 13.0 Å². The molecule has 3 aromatic carbocycles. The van der Waals surface area contributed by atoms with Crippen LogP contribution < -0.4 is 19.6 Å². The molecule has 0 aliphatic carbocycles. The zero-order chi connectivity index (χ0) is 29.3. The highest BCUT2D eigenvalue weighted by molar-refractivity contribution is 14.1. The smallest absolute Gasteiger partial charge is 0.338 e. The van der Waals surface area contributed by atoms with Crippen molar-refractivity contribution in [1.29, 1.82) is 0 Å². The lowest BCUT2D eigenvalue weighted by Crippen LogP contribution is -2.39. The number of benzene rings is 3. The first-order valence-corrected chi connectivity index (χ1v) is 15.8. The molecule has 1 aliphatic heterocycles. The number of aromatic nitrogens is 1. The van der Waals surface area contributed by atoms with Crippen molar-refractivity contribution in [2.24, 2.45) is 4.99 Å². The second-order valence-electron chi connectivity index (χ2n) is 9.07. The number of nitrogens with zero attached hydrogens (tertiary/aromatic N) is 2. The number of hydrogen-bond donors (Lipinski definition) is 0. The molecule has 0 radical (unpaired) electrons. The Labute approximate surface area is 271 Å². The molecule has 6 nitrogen and oxygen atoms in total. The van der Waals surface area contributed by atoms with E-state index in [9.17, 15) is 14.0 Å². The Hall–Kier alpha value is -2.55. The highest BCUT2D eigenvalue weighted by atomic mass is 127. The summed E-state index contributed by atoms with van der Waals surface area (Å²) in [7, 11) is 0. The van der Waals surface area contributed by atoms with E-state index in [1.54, 1.807) is 32.1 Å². The molecule has 1 atom stereocenters. The monoisotopic (exact) mass is 814 g/mol. The maximum atomic E-state index is 14.0. The molecule has 0 N–H and O–H groups in total. The van der Waals surface area contributed by atoms with E-state index in [4.69, 9.17) is 21.1 Å². The molecule has 0 saturated carbocycles. The van der Waals surface area contributed by atoms with Gasteiger partial charge in [-0.25, -0.2) is 14.2 Å². The largest absolute Gasteiger partial charge is 0.487 e. The van der Waals surface area contributed by atoms with Gasteiger partial charge in [-0.05, 0) is 113 Å². The normalized spacial score (nSPS) is 15.0. The third-order valence-corrected chi connectivity index (χ3v) is 8.98. The van der Waals surface area contributed by atoms with Gasteiger partial charge in [0.1, 0.15) is 18.2 Å². The van der Waals surface area contributed by atoms with Crippen molar-refractivity contribution in [2.45, 2.75) is 26.5 Å². The van der Waals surface area contributed by atoms with Crippen LogP contribution in [0.5, 0.6) is 5.75 Å². The lowest BCUT2D eigenvalue weighted by atomic mass is 9.96. The predicted octanol–water partition coefficient (Wildman–Crippen LogP) is 6.38. The molecule has 210 valence electrons. The van der Waals surface area contributed by atoms with Crippen molar-refractivity contribution in [3.05, 3.63) is 126 Å². The first kappa shape index (κ1) is 29.9. The van der Waals surface area contributed by atoms with Gasteiger partial charge in [0, 0.05) is 14.2 Å². The number of allylic oxidation sites excluding steroid dienone is 1. The molecule has 0 unspecified atom stereocenters. The Morgan fingerprint density at radius 1 is 1.15 bits per heavy atom. The third kappa shape index (κ3) is 6.45. The van der Waals surface area contributed by atoms with Crippen molar-refractivity contribution >= 4 is 80.2 Å². The fraction of sp³-hybridized carbons (Fsp3) is 0.167. The molecule has 1 aromatic heterocycles. The van der Waals surface area contributed by atoms with Crippen molar-refractivity contribution < 1.29 is 18.7 Å². The van der Waals surface area contributed by atoms with Gasteiger partial charge in [0.25, 0.3) is 5.56 Å². The summed E-state index contributed by atoms with van der Waals surface area (Å²) in [5.41, 5.74) is 2.63. The number of fused-ring (bicyclic) bond motifs is 1. The molecule has 2 heterocycles. The molecular formula is C30H22ClFI2N2O4S. The van der Waals surface area contributed by atoms with Gasteiger partial charge < -0.3 is 9.47 Å². The van der Waals surface area contributed by atoms with Crippen molar-refractivity contribution in [3.8, 4) is 5.75 Å². The Morgan fingerprint density at radius 2 is 1.85 bits per heavy atom. The van der Waals surface area contributed by atoms with Crippen LogP contribution in [-0.4, -0.2) is 17.1 Å².